The Balaban J connectivity index is 2.46. The van der Waals surface area contributed by atoms with Gasteiger partial charge in [-0.15, -0.1) is 0 Å². The third kappa shape index (κ3) is 1.67. The summed E-state index contributed by atoms with van der Waals surface area (Å²) < 4.78 is 4.13. The Morgan fingerprint density at radius 1 is 1.38 bits per heavy atom. The van der Waals surface area contributed by atoms with Gasteiger partial charge in [-0.25, -0.2) is 0 Å². The van der Waals surface area contributed by atoms with E-state index in [1.54, 1.807) is 0 Å². The average Bonchev–Trinajstić information content (AvgIpc) is 2.52. The zero-order valence-electron chi connectivity index (χ0n) is 7.19. The average molecular weight is 191 g/mol. The Kier molecular flexibility index (Phi) is 1.98. The number of benzene rings is 1. The first-order valence-corrected chi connectivity index (χ1v) is 4.69. The normalized spacial score (nSPS) is 10.2. The molecule has 0 spiro atoms. The highest BCUT2D eigenvalue weighted by Gasteiger charge is 2.03. The van der Waals surface area contributed by atoms with Crippen molar-refractivity contribution < 1.29 is 0 Å². The molecule has 0 fully saturated rings. The molecular formula is C9H9N3S. The van der Waals surface area contributed by atoms with Gasteiger partial charge in [0.15, 0.2) is 11.0 Å². The van der Waals surface area contributed by atoms with E-state index in [1.165, 1.54) is 17.1 Å². The van der Waals surface area contributed by atoms with Crippen LogP contribution in [0.15, 0.2) is 24.3 Å². The van der Waals surface area contributed by atoms with Gasteiger partial charge in [-0.2, -0.15) is 9.36 Å². The number of hydrogen-bond acceptors (Lipinski definition) is 4. The predicted molar refractivity (Wildman–Crippen MR) is 54.5 cm³/mol. The lowest BCUT2D eigenvalue weighted by atomic mass is 10.1. The van der Waals surface area contributed by atoms with Crippen LogP contribution in [0.2, 0.25) is 0 Å². The fraction of sp³-hybridized carbons (Fsp3) is 0.111. The van der Waals surface area contributed by atoms with Crippen LogP contribution >= 0.6 is 11.5 Å². The molecule has 0 atom stereocenters. The predicted octanol–water partition coefficient (Wildman–Crippen LogP) is 2.10. The van der Waals surface area contributed by atoms with E-state index >= 15 is 0 Å². The van der Waals surface area contributed by atoms with Gasteiger partial charge in [-0.05, 0) is 13.0 Å². The minimum absolute atomic E-state index is 0.511. The molecule has 3 nitrogen and oxygen atoms in total. The van der Waals surface area contributed by atoms with E-state index in [4.69, 9.17) is 5.73 Å². The molecule has 0 amide bonds. The van der Waals surface area contributed by atoms with Crippen LogP contribution in [0.3, 0.4) is 0 Å². The van der Waals surface area contributed by atoms with Gasteiger partial charge < -0.3 is 5.73 Å². The van der Waals surface area contributed by atoms with Crippen molar-refractivity contribution in [3.63, 3.8) is 0 Å². The van der Waals surface area contributed by atoms with E-state index in [0.717, 1.165) is 5.56 Å². The van der Waals surface area contributed by atoms with Crippen molar-refractivity contribution >= 4 is 16.7 Å². The first-order chi connectivity index (χ1) is 6.25. The van der Waals surface area contributed by atoms with Gasteiger partial charge in [0.2, 0.25) is 0 Å². The SMILES string of the molecule is Cc1cccc(-c2nsc(N)n2)c1. The highest BCUT2D eigenvalue weighted by molar-refractivity contribution is 7.09. The van der Waals surface area contributed by atoms with E-state index in [9.17, 15) is 0 Å². The number of rotatable bonds is 1. The summed E-state index contributed by atoms with van der Waals surface area (Å²) in [4.78, 5) is 4.11. The van der Waals surface area contributed by atoms with Crippen LogP contribution in [0.25, 0.3) is 11.4 Å². The van der Waals surface area contributed by atoms with E-state index in [2.05, 4.69) is 9.36 Å². The first kappa shape index (κ1) is 8.19. The van der Waals surface area contributed by atoms with Gasteiger partial charge in [0.1, 0.15) is 0 Å². The Morgan fingerprint density at radius 3 is 2.85 bits per heavy atom. The van der Waals surface area contributed by atoms with Gasteiger partial charge in [-0.1, -0.05) is 23.8 Å². The van der Waals surface area contributed by atoms with E-state index in [1.807, 2.05) is 31.2 Å². The fourth-order valence-corrected chi connectivity index (χ4v) is 1.59. The van der Waals surface area contributed by atoms with Crippen LogP contribution in [0.4, 0.5) is 5.13 Å². The number of aromatic nitrogens is 2. The summed E-state index contributed by atoms with van der Waals surface area (Å²) in [6.07, 6.45) is 0. The topological polar surface area (TPSA) is 51.8 Å². The van der Waals surface area contributed by atoms with Gasteiger partial charge in [-0.3, -0.25) is 0 Å². The second kappa shape index (κ2) is 3.14. The molecule has 2 rings (SSSR count). The van der Waals surface area contributed by atoms with Crippen LogP contribution in [-0.2, 0) is 0 Å². The maximum Gasteiger partial charge on any atom is 0.200 e. The summed E-state index contributed by atoms with van der Waals surface area (Å²) in [5.41, 5.74) is 7.72. The molecule has 0 aliphatic rings. The summed E-state index contributed by atoms with van der Waals surface area (Å²) in [6.45, 7) is 2.04. The number of nitrogen functional groups attached to an aromatic ring is 1. The van der Waals surface area contributed by atoms with Crippen LogP contribution in [0.1, 0.15) is 5.56 Å². The Hall–Kier alpha value is -1.42. The molecule has 2 N–H and O–H groups in total. The van der Waals surface area contributed by atoms with E-state index in [-0.39, 0.29) is 0 Å². The fourth-order valence-electron chi connectivity index (χ4n) is 1.14. The Bertz CT molecular complexity index is 422. The quantitative estimate of drug-likeness (QED) is 0.751. The highest BCUT2D eigenvalue weighted by atomic mass is 32.1. The summed E-state index contributed by atoms with van der Waals surface area (Å²) in [5.74, 6) is 0.714. The molecule has 0 bridgehead atoms. The van der Waals surface area contributed by atoms with Gasteiger partial charge in [0.25, 0.3) is 0 Å². The van der Waals surface area contributed by atoms with Crippen LogP contribution < -0.4 is 5.73 Å². The molecule has 0 aliphatic heterocycles. The molecule has 4 heteroatoms. The van der Waals surface area contributed by atoms with Gasteiger partial charge in [0, 0.05) is 17.1 Å². The van der Waals surface area contributed by atoms with Crippen molar-refractivity contribution in [1.82, 2.24) is 9.36 Å². The molecule has 1 aromatic carbocycles. The van der Waals surface area contributed by atoms with Crippen molar-refractivity contribution in [3.05, 3.63) is 29.8 Å². The van der Waals surface area contributed by atoms with Crippen molar-refractivity contribution in [3.8, 4) is 11.4 Å². The minimum atomic E-state index is 0.511. The number of nitrogens with two attached hydrogens (primary N) is 1. The third-order valence-corrected chi connectivity index (χ3v) is 2.26. The molecular weight excluding hydrogens is 182 g/mol. The summed E-state index contributed by atoms with van der Waals surface area (Å²) in [5, 5.41) is 0.511. The molecule has 0 saturated carbocycles. The monoisotopic (exact) mass is 191 g/mol. The van der Waals surface area contributed by atoms with Crippen LogP contribution in [-0.4, -0.2) is 9.36 Å². The molecule has 0 aliphatic carbocycles. The summed E-state index contributed by atoms with van der Waals surface area (Å²) in [7, 11) is 0. The van der Waals surface area contributed by atoms with E-state index in [0.29, 0.717) is 11.0 Å². The van der Waals surface area contributed by atoms with Gasteiger partial charge >= 0.3 is 0 Å². The second-order valence-corrected chi connectivity index (χ2v) is 3.61. The Morgan fingerprint density at radius 2 is 2.23 bits per heavy atom. The third-order valence-electron chi connectivity index (χ3n) is 1.72. The maximum absolute atomic E-state index is 5.50. The van der Waals surface area contributed by atoms with Crippen molar-refractivity contribution in [2.24, 2.45) is 0 Å². The Labute approximate surface area is 80.4 Å². The van der Waals surface area contributed by atoms with Crippen molar-refractivity contribution in [2.75, 3.05) is 5.73 Å². The number of nitrogens with zero attached hydrogens (tertiary/aromatic N) is 2. The lowest BCUT2D eigenvalue weighted by molar-refractivity contribution is 1.32. The number of anilines is 1. The minimum Gasteiger partial charge on any atom is -0.374 e. The van der Waals surface area contributed by atoms with Crippen LogP contribution in [0, 0.1) is 6.92 Å². The molecule has 1 aromatic heterocycles. The molecule has 66 valence electrons. The smallest absolute Gasteiger partial charge is 0.200 e. The number of aryl methyl sites for hydroxylation is 1. The van der Waals surface area contributed by atoms with Crippen molar-refractivity contribution in [1.29, 1.82) is 0 Å². The van der Waals surface area contributed by atoms with E-state index < -0.39 is 0 Å². The largest absolute Gasteiger partial charge is 0.374 e. The zero-order chi connectivity index (χ0) is 9.26. The molecule has 13 heavy (non-hydrogen) atoms. The molecule has 0 saturated heterocycles. The summed E-state index contributed by atoms with van der Waals surface area (Å²) >= 11 is 1.22. The standard InChI is InChI=1S/C9H9N3S/c1-6-3-2-4-7(5-6)8-11-9(10)13-12-8/h2-5H,1H3,(H2,10,11,12). The highest BCUT2D eigenvalue weighted by Crippen LogP contribution is 2.19. The lowest BCUT2D eigenvalue weighted by Crippen LogP contribution is -1.84. The summed E-state index contributed by atoms with van der Waals surface area (Å²) in [6, 6.07) is 8.05. The van der Waals surface area contributed by atoms with Crippen LogP contribution in [0.5, 0.6) is 0 Å². The molecule has 0 radical (unpaired) electrons. The molecule has 2 aromatic rings. The molecule has 0 unspecified atom stereocenters. The maximum atomic E-state index is 5.50. The first-order valence-electron chi connectivity index (χ1n) is 3.92. The van der Waals surface area contributed by atoms with Gasteiger partial charge in [0.05, 0.1) is 0 Å². The second-order valence-electron chi connectivity index (χ2n) is 2.83. The molecule has 1 heterocycles. The zero-order valence-corrected chi connectivity index (χ0v) is 8.01. The van der Waals surface area contributed by atoms with Crippen molar-refractivity contribution in [2.45, 2.75) is 6.92 Å². The lowest BCUT2D eigenvalue weighted by Gasteiger charge is -1.95. The number of hydrogen-bond donors (Lipinski definition) is 1.